The summed E-state index contributed by atoms with van der Waals surface area (Å²) < 4.78 is 0. The lowest BCUT2D eigenvalue weighted by Crippen LogP contribution is -2.04. The third-order valence-electron chi connectivity index (χ3n) is 4.10. The SMILES string of the molecule is CC1=C(C2=CCCC=C2)S[C@@H](C2CC2)CCC1. The molecular weight excluding hydrogens is 224 g/mol. The fourth-order valence-corrected chi connectivity index (χ4v) is 4.53. The molecule has 92 valence electrons. The first kappa shape index (κ1) is 11.6. The largest absolute Gasteiger partial charge is 0.122 e. The summed E-state index contributed by atoms with van der Waals surface area (Å²) in [5.74, 6) is 1.04. The average Bonchev–Trinajstić information content (AvgIpc) is 3.17. The third-order valence-corrected chi connectivity index (χ3v) is 5.85. The number of hydrogen-bond acceptors (Lipinski definition) is 1. The van der Waals surface area contributed by atoms with Crippen LogP contribution >= 0.6 is 11.8 Å². The van der Waals surface area contributed by atoms with Crippen LogP contribution in [0.4, 0.5) is 0 Å². The highest BCUT2D eigenvalue weighted by atomic mass is 32.2. The van der Waals surface area contributed by atoms with Gasteiger partial charge in [-0.25, -0.2) is 0 Å². The van der Waals surface area contributed by atoms with Crippen LogP contribution in [0, 0.1) is 5.92 Å². The topological polar surface area (TPSA) is 0 Å². The van der Waals surface area contributed by atoms with Gasteiger partial charge in [-0.1, -0.05) is 23.8 Å². The molecule has 3 aliphatic rings. The maximum atomic E-state index is 2.45. The smallest absolute Gasteiger partial charge is 0.0133 e. The second-order valence-corrected chi connectivity index (χ2v) is 6.88. The molecule has 0 radical (unpaired) electrons. The lowest BCUT2D eigenvalue weighted by atomic mass is 10.0. The van der Waals surface area contributed by atoms with Gasteiger partial charge >= 0.3 is 0 Å². The van der Waals surface area contributed by atoms with Crippen molar-refractivity contribution in [3.8, 4) is 0 Å². The van der Waals surface area contributed by atoms with Gasteiger partial charge < -0.3 is 0 Å². The van der Waals surface area contributed by atoms with Crippen molar-refractivity contribution in [3.63, 3.8) is 0 Å². The summed E-state index contributed by atoms with van der Waals surface area (Å²) in [6, 6.07) is 0. The molecule has 1 saturated carbocycles. The van der Waals surface area contributed by atoms with Crippen molar-refractivity contribution < 1.29 is 0 Å². The fraction of sp³-hybridized carbons (Fsp3) is 0.625. The Kier molecular flexibility index (Phi) is 3.46. The Bertz CT molecular complexity index is 382. The fourth-order valence-electron chi connectivity index (χ4n) is 2.89. The Balaban J connectivity index is 1.82. The Labute approximate surface area is 109 Å². The predicted molar refractivity (Wildman–Crippen MR) is 77.1 cm³/mol. The van der Waals surface area contributed by atoms with E-state index in [-0.39, 0.29) is 0 Å². The molecule has 3 rings (SSSR count). The van der Waals surface area contributed by atoms with Gasteiger partial charge in [0, 0.05) is 10.2 Å². The van der Waals surface area contributed by atoms with E-state index in [1.807, 2.05) is 0 Å². The quantitative estimate of drug-likeness (QED) is 0.642. The minimum Gasteiger partial charge on any atom is -0.122 e. The van der Waals surface area contributed by atoms with E-state index in [2.05, 4.69) is 36.9 Å². The monoisotopic (exact) mass is 246 g/mol. The number of hydrogen-bond donors (Lipinski definition) is 0. The molecule has 1 fully saturated rings. The Hall–Kier alpha value is -0.430. The zero-order chi connectivity index (χ0) is 11.7. The Morgan fingerprint density at radius 3 is 2.76 bits per heavy atom. The van der Waals surface area contributed by atoms with Crippen LogP contribution in [-0.2, 0) is 0 Å². The van der Waals surface area contributed by atoms with E-state index in [9.17, 15) is 0 Å². The summed E-state index contributed by atoms with van der Waals surface area (Å²) in [6.07, 6.45) is 16.7. The van der Waals surface area contributed by atoms with Crippen LogP contribution in [-0.4, -0.2) is 5.25 Å². The second-order valence-electron chi connectivity index (χ2n) is 5.63. The van der Waals surface area contributed by atoms with Crippen LogP contribution in [0.15, 0.2) is 34.3 Å². The van der Waals surface area contributed by atoms with Crippen LogP contribution in [0.1, 0.15) is 51.9 Å². The van der Waals surface area contributed by atoms with E-state index < -0.39 is 0 Å². The van der Waals surface area contributed by atoms with Crippen molar-refractivity contribution in [2.24, 2.45) is 5.92 Å². The van der Waals surface area contributed by atoms with Gasteiger partial charge in [0.2, 0.25) is 0 Å². The molecule has 0 aromatic heterocycles. The van der Waals surface area contributed by atoms with Crippen LogP contribution in [0.2, 0.25) is 0 Å². The van der Waals surface area contributed by atoms with E-state index in [0.29, 0.717) is 0 Å². The molecule has 0 saturated heterocycles. The molecule has 17 heavy (non-hydrogen) atoms. The van der Waals surface area contributed by atoms with Crippen LogP contribution < -0.4 is 0 Å². The molecule has 0 aromatic carbocycles. The Morgan fingerprint density at radius 2 is 2.06 bits per heavy atom. The zero-order valence-electron chi connectivity index (χ0n) is 10.7. The van der Waals surface area contributed by atoms with Crippen LogP contribution in [0.25, 0.3) is 0 Å². The van der Waals surface area contributed by atoms with Gasteiger partial charge in [0.15, 0.2) is 0 Å². The van der Waals surface area contributed by atoms with E-state index in [4.69, 9.17) is 0 Å². The lowest BCUT2D eigenvalue weighted by molar-refractivity contribution is 0.650. The standard InChI is InChI=1S/C16H22S/c1-12-6-5-9-15(13-10-11-13)17-16(12)14-7-3-2-4-8-14/h3,7-8,13,15H,2,4-6,9-11H2,1H3/t15-/m1/s1. The molecule has 0 N–H and O–H groups in total. The summed E-state index contributed by atoms with van der Waals surface area (Å²) >= 11 is 2.20. The van der Waals surface area contributed by atoms with Gasteiger partial charge in [-0.2, -0.15) is 0 Å². The maximum absolute atomic E-state index is 2.45. The molecule has 0 spiro atoms. The maximum Gasteiger partial charge on any atom is 0.0133 e. The summed E-state index contributed by atoms with van der Waals surface area (Å²) in [5, 5.41) is 0.915. The number of allylic oxidation sites excluding steroid dienone is 5. The van der Waals surface area contributed by atoms with Crippen molar-refractivity contribution in [2.75, 3.05) is 0 Å². The minimum atomic E-state index is 0.915. The molecule has 0 aromatic rings. The normalized spacial score (nSPS) is 30.2. The third kappa shape index (κ3) is 2.70. The van der Waals surface area contributed by atoms with Gasteiger partial charge in [0.05, 0.1) is 0 Å². The minimum absolute atomic E-state index is 0.915. The average molecular weight is 246 g/mol. The summed E-state index contributed by atoms with van der Waals surface area (Å²) in [4.78, 5) is 1.62. The first-order valence-corrected chi connectivity index (χ1v) is 7.96. The van der Waals surface area contributed by atoms with Gasteiger partial charge in [0.25, 0.3) is 0 Å². The van der Waals surface area contributed by atoms with Crippen LogP contribution in [0.5, 0.6) is 0 Å². The van der Waals surface area contributed by atoms with Crippen molar-refractivity contribution in [2.45, 2.75) is 57.1 Å². The summed E-state index contributed by atoms with van der Waals surface area (Å²) in [6.45, 7) is 2.35. The van der Waals surface area contributed by atoms with E-state index in [1.54, 1.807) is 10.5 Å². The molecule has 1 heterocycles. The Morgan fingerprint density at radius 1 is 1.18 bits per heavy atom. The van der Waals surface area contributed by atoms with Gasteiger partial charge in [0.1, 0.15) is 0 Å². The first-order chi connectivity index (χ1) is 8.34. The molecule has 0 bridgehead atoms. The molecule has 1 aliphatic heterocycles. The van der Waals surface area contributed by atoms with E-state index in [1.165, 1.54) is 50.5 Å². The van der Waals surface area contributed by atoms with Gasteiger partial charge in [-0.3, -0.25) is 0 Å². The van der Waals surface area contributed by atoms with Crippen molar-refractivity contribution in [3.05, 3.63) is 34.3 Å². The van der Waals surface area contributed by atoms with Crippen LogP contribution in [0.3, 0.4) is 0 Å². The molecule has 0 amide bonds. The molecule has 2 aliphatic carbocycles. The first-order valence-electron chi connectivity index (χ1n) is 7.08. The van der Waals surface area contributed by atoms with E-state index >= 15 is 0 Å². The van der Waals surface area contributed by atoms with E-state index in [0.717, 1.165) is 11.2 Å². The number of rotatable bonds is 2. The van der Waals surface area contributed by atoms with Crippen molar-refractivity contribution >= 4 is 11.8 Å². The highest BCUT2D eigenvalue weighted by Gasteiger charge is 2.33. The molecular formula is C16H22S. The molecule has 0 unspecified atom stereocenters. The van der Waals surface area contributed by atoms with Gasteiger partial charge in [-0.05, 0) is 63.4 Å². The molecule has 0 nitrogen and oxygen atoms in total. The van der Waals surface area contributed by atoms with Gasteiger partial charge in [-0.15, -0.1) is 11.8 Å². The lowest BCUT2D eigenvalue weighted by Gasteiger charge is -2.18. The second kappa shape index (κ2) is 5.06. The number of thioether (sulfide) groups is 1. The summed E-state index contributed by atoms with van der Waals surface area (Å²) in [7, 11) is 0. The summed E-state index contributed by atoms with van der Waals surface area (Å²) in [5.41, 5.74) is 3.15. The zero-order valence-corrected chi connectivity index (χ0v) is 11.6. The van der Waals surface area contributed by atoms with Crippen molar-refractivity contribution in [1.29, 1.82) is 0 Å². The van der Waals surface area contributed by atoms with Crippen molar-refractivity contribution in [1.82, 2.24) is 0 Å². The highest BCUT2D eigenvalue weighted by Crippen LogP contribution is 2.48. The predicted octanol–water partition coefficient (Wildman–Crippen LogP) is 5.23. The molecule has 1 heteroatoms. The molecule has 1 atom stereocenters. The highest BCUT2D eigenvalue weighted by molar-refractivity contribution is 8.04.